The van der Waals surface area contributed by atoms with Gasteiger partial charge in [-0.2, -0.15) is 0 Å². The van der Waals surface area contributed by atoms with Crippen LogP contribution in [0, 0.1) is 0 Å². The summed E-state index contributed by atoms with van der Waals surface area (Å²) in [7, 11) is 3.12. The van der Waals surface area contributed by atoms with Crippen molar-refractivity contribution in [2.24, 2.45) is 0 Å². The summed E-state index contributed by atoms with van der Waals surface area (Å²) >= 11 is 0.945. The van der Waals surface area contributed by atoms with Crippen molar-refractivity contribution in [3.05, 3.63) is 53.2 Å². The van der Waals surface area contributed by atoms with E-state index in [1.807, 2.05) is 0 Å². The molecule has 1 aromatic carbocycles. The Morgan fingerprint density at radius 2 is 1.96 bits per heavy atom. The molecule has 0 unspecified atom stereocenters. The number of thioether (sulfide) groups is 1. The maximum Gasteiger partial charge on any atom is 0.342 e. The highest BCUT2D eigenvalue weighted by Crippen LogP contribution is 2.30. The van der Waals surface area contributed by atoms with Crippen molar-refractivity contribution in [2.45, 2.75) is 5.16 Å². The molecule has 8 nitrogen and oxygen atoms in total. The zero-order valence-corrected chi connectivity index (χ0v) is 15.4. The van der Waals surface area contributed by atoms with Gasteiger partial charge in [0.05, 0.1) is 14.2 Å². The largest absolute Gasteiger partial charge is 0.497 e. The van der Waals surface area contributed by atoms with E-state index in [1.165, 1.54) is 6.08 Å². The van der Waals surface area contributed by atoms with Crippen LogP contribution in [0.1, 0.15) is 5.56 Å². The second-order valence-corrected chi connectivity index (χ2v) is 6.28. The summed E-state index contributed by atoms with van der Waals surface area (Å²) in [6, 6.07) is 8.80. The number of H-pyrrole nitrogens is 1. The second-order valence-electron chi connectivity index (χ2n) is 5.27. The van der Waals surface area contributed by atoms with Gasteiger partial charge in [0, 0.05) is 24.0 Å². The van der Waals surface area contributed by atoms with Crippen molar-refractivity contribution < 1.29 is 19.4 Å². The molecule has 0 atom stereocenters. The van der Waals surface area contributed by atoms with Gasteiger partial charge in [0.2, 0.25) is 5.16 Å². The van der Waals surface area contributed by atoms with Gasteiger partial charge in [-0.25, -0.2) is 9.78 Å². The van der Waals surface area contributed by atoms with Gasteiger partial charge < -0.3 is 14.6 Å². The fourth-order valence-electron chi connectivity index (χ4n) is 2.21. The Morgan fingerprint density at radius 1 is 1.22 bits per heavy atom. The summed E-state index contributed by atoms with van der Waals surface area (Å²) in [6.07, 6.45) is 4.72. The van der Waals surface area contributed by atoms with Crippen LogP contribution in [0.5, 0.6) is 11.5 Å². The van der Waals surface area contributed by atoms with Gasteiger partial charge in [-0.3, -0.25) is 10.1 Å². The first-order valence-corrected chi connectivity index (χ1v) is 8.59. The van der Waals surface area contributed by atoms with E-state index in [4.69, 9.17) is 9.47 Å². The minimum Gasteiger partial charge on any atom is -0.497 e. The molecule has 138 valence electrons. The lowest BCUT2D eigenvalue weighted by molar-refractivity contribution is -0.131. The standard InChI is InChI=1S/C18H16N4O4S/c1-25-13-7-12(8-14(9-13)26-2)16-20-18(22-21-16)27-15(17(23)24)6-11-4-3-5-19-10-11/h3-10H,1-2H3,(H,23,24)(H,20,21,22)/b15-6-. The number of carbonyl (C=O) groups is 1. The summed E-state index contributed by atoms with van der Waals surface area (Å²) in [5, 5.41) is 16.6. The predicted octanol–water partition coefficient (Wildman–Crippen LogP) is 3.10. The van der Waals surface area contributed by atoms with E-state index in [0.717, 1.165) is 11.8 Å². The smallest absolute Gasteiger partial charge is 0.342 e. The molecule has 0 amide bonds. The van der Waals surface area contributed by atoms with E-state index in [2.05, 4.69) is 20.2 Å². The molecule has 0 aliphatic heterocycles. The Balaban J connectivity index is 1.87. The average Bonchev–Trinajstić information content (AvgIpc) is 3.16. The zero-order chi connectivity index (χ0) is 19.2. The van der Waals surface area contributed by atoms with Gasteiger partial charge in [-0.1, -0.05) is 6.07 Å². The van der Waals surface area contributed by atoms with Crippen molar-refractivity contribution in [2.75, 3.05) is 14.2 Å². The van der Waals surface area contributed by atoms with Crippen LogP contribution in [0.3, 0.4) is 0 Å². The number of aromatic nitrogens is 4. The van der Waals surface area contributed by atoms with Crippen LogP contribution in [0.4, 0.5) is 0 Å². The molecule has 3 aromatic rings. The number of hydrogen-bond donors (Lipinski definition) is 2. The normalized spacial score (nSPS) is 11.3. The third kappa shape index (κ3) is 4.64. The molecule has 0 aliphatic rings. The lowest BCUT2D eigenvalue weighted by atomic mass is 10.2. The van der Waals surface area contributed by atoms with Gasteiger partial charge in [-0.15, -0.1) is 5.10 Å². The van der Waals surface area contributed by atoms with Crippen LogP contribution >= 0.6 is 11.8 Å². The molecule has 9 heteroatoms. The molecule has 0 saturated heterocycles. The molecular weight excluding hydrogens is 368 g/mol. The lowest BCUT2D eigenvalue weighted by Crippen LogP contribution is -1.97. The number of pyridine rings is 1. The Bertz CT molecular complexity index is 950. The number of ether oxygens (including phenoxy) is 2. The number of carboxylic acid groups (broad SMARTS) is 1. The first-order valence-electron chi connectivity index (χ1n) is 7.77. The molecule has 0 fully saturated rings. The van der Waals surface area contributed by atoms with Crippen LogP contribution in [0.2, 0.25) is 0 Å². The van der Waals surface area contributed by atoms with Gasteiger partial charge in [0.15, 0.2) is 5.82 Å². The van der Waals surface area contributed by atoms with Crippen molar-refractivity contribution in [3.63, 3.8) is 0 Å². The van der Waals surface area contributed by atoms with Gasteiger partial charge in [0.1, 0.15) is 16.4 Å². The number of nitrogens with one attached hydrogen (secondary N) is 1. The fourth-order valence-corrected chi connectivity index (χ4v) is 2.92. The summed E-state index contributed by atoms with van der Waals surface area (Å²) in [4.78, 5) is 20.0. The Hall–Kier alpha value is -3.33. The summed E-state index contributed by atoms with van der Waals surface area (Å²) in [5.41, 5.74) is 1.38. The number of aromatic amines is 1. The second kappa shape index (κ2) is 8.37. The molecule has 2 heterocycles. The summed E-state index contributed by atoms with van der Waals surface area (Å²) in [6.45, 7) is 0. The van der Waals surface area contributed by atoms with E-state index in [-0.39, 0.29) is 10.1 Å². The maximum absolute atomic E-state index is 11.5. The van der Waals surface area contributed by atoms with E-state index >= 15 is 0 Å². The number of carboxylic acids is 1. The number of rotatable bonds is 7. The molecule has 0 saturated carbocycles. The van der Waals surface area contributed by atoms with Crippen molar-refractivity contribution >= 4 is 23.8 Å². The molecule has 0 spiro atoms. The molecule has 2 N–H and O–H groups in total. The van der Waals surface area contributed by atoms with E-state index in [9.17, 15) is 9.90 Å². The van der Waals surface area contributed by atoms with Gasteiger partial charge in [0.25, 0.3) is 0 Å². The van der Waals surface area contributed by atoms with E-state index < -0.39 is 5.97 Å². The minimum absolute atomic E-state index is 0.0803. The number of hydrogen-bond acceptors (Lipinski definition) is 7. The molecule has 0 aliphatic carbocycles. The molecule has 27 heavy (non-hydrogen) atoms. The first kappa shape index (κ1) is 18.5. The van der Waals surface area contributed by atoms with Crippen LogP contribution in [0.15, 0.2) is 52.8 Å². The fraction of sp³-hybridized carbons (Fsp3) is 0.111. The highest BCUT2D eigenvalue weighted by Gasteiger charge is 2.15. The van der Waals surface area contributed by atoms with Crippen LogP contribution < -0.4 is 9.47 Å². The van der Waals surface area contributed by atoms with Crippen LogP contribution in [-0.4, -0.2) is 45.5 Å². The van der Waals surface area contributed by atoms with E-state index in [0.29, 0.717) is 28.5 Å². The minimum atomic E-state index is -1.07. The zero-order valence-electron chi connectivity index (χ0n) is 14.5. The summed E-state index contributed by atoms with van der Waals surface area (Å²) < 4.78 is 10.5. The van der Waals surface area contributed by atoms with Crippen LogP contribution in [-0.2, 0) is 4.79 Å². The third-order valence-corrected chi connectivity index (χ3v) is 4.36. The molecule has 0 bridgehead atoms. The molecule has 3 rings (SSSR count). The average molecular weight is 384 g/mol. The van der Waals surface area contributed by atoms with Crippen molar-refractivity contribution in [1.29, 1.82) is 0 Å². The van der Waals surface area contributed by atoms with Crippen LogP contribution in [0.25, 0.3) is 17.5 Å². The monoisotopic (exact) mass is 384 g/mol. The number of nitrogens with zero attached hydrogens (tertiary/aromatic N) is 3. The Labute approximate surface area is 159 Å². The highest BCUT2D eigenvalue weighted by atomic mass is 32.2. The van der Waals surface area contributed by atoms with Crippen molar-refractivity contribution in [1.82, 2.24) is 20.2 Å². The topological polar surface area (TPSA) is 110 Å². The predicted molar refractivity (Wildman–Crippen MR) is 101 cm³/mol. The Morgan fingerprint density at radius 3 is 2.56 bits per heavy atom. The SMILES string of the molecule is COc1cc(OC)cc(-c2nc(S/C(=C\c3cccnc3)C(=O)O)n[nH]2)c1. The number of methoxy groups -OCH3 is 2. The Kier molecular flexibility index (Phi) is 5.72. The quantitative estimate of drug-likeness (QED) is 0.472. The molecule has 0 radical (unpaired) electrons. The highest BCUT2D eigenvalue weighted by molar-refractivity contribution is 8.04. The first-order chi connectivity index (χ1) is 13.1. The maximum atomic E-state index is 11.5. The van der Waals surface area contributed by atoms with Gasteiger partial charge >= 0.3 is 5.97 Å². The van der Waals surface area contributed by atoms with Crippen molar-refractivity contribution in [3.8, 4) is 22.9 Å². The van der Waals surface area contributed by atoms with Gasteiger partial charge in [-0.05, 0) is 41.6 Å². The van der Waals surface area contributed by atoms with E-state index in [1.54, 1.807) is 56.9 Å². The summed E-state index contributed by atoms with van der Waals surface area (Å²) in [5.74, 6) is 0.620. The lowest BCUT2D eigenvalue weighted by Gasteiger charge is -2.06. The third-order valence-electron chi connectivity index (χ3n) is 3.48. The number of aliphatic carboxylic acids is 1. The molecule has 2 aromatic heterocycles. The molecular formula is C18H16N4O4S. The number of benzene rings is 1.